The van der Waals surface area contributed by atoms with Gasteiger partial charge in [0.1, 0.15) is 11.3 Å². The third-order valence-electron chi connectivity index (χ3n) is 5.47. The lowest BCUT2D eigenvalue weighted by Crippen LogP contribution is -2.31. The average Bonchev–Trinajstić information content (AvgIpc) is 2.88. The molecule has 2 aromatic carbocycles. The molecule has 3 aromatic heterocycles. The Morgan fingerprint density at radius 3 is 2.24 bits per heavy atom. The van der Waals surface area contributed by atoms with E-state index in [0.717, 1.165) is 40.0 Å². The van der Waals surface area contributed by atoms with Crippen molar-refractivity contribution in [2.45, 2.75) is 12.5 Å². The Kier molecular flexibility index (Phi) is 5.99. The normalized spacial score (nSPS) is 11.9. The molecule has 1 atom stereocenters. The van der Waals surface area contributed by atoms with Crippen molar-refractivity contribution in [1.82, 2.24) is 19.9 Å². The Bertz CT molecular complexity index is 1340. The zero-order valence-corrected chi connectivity index (χ0v) is 18.1. The highest BCUT2D eigenvalue weighted by atomic mass is 15.0. The van der Waals surface area contributed by atoms with Crippen LogP contribution in [0.3, 0.4) is 0 Å². The molecule has 0 aliphatic heterocycles. The predicted molar refractivity (Wildman–Crippen MR) is 133 cm³/mol. The molecule has 3 heterocycles. The van der Waals surface area contributed by atoms with Crippen molar-refractivity contribution < 1.29 is 0 Å². The Labute approximate surface area is 192 Å². The zero-order valence-electron chi connectivity index (χ0n) is 18.1. The van der Waals surface area contributed by atoms with Gasteiger partial charge in [0.15, 0.2) is 5.82 Å². The summed E-state index contributed by atoms with van der Waals surface area (Å²) in [6.45, 7) is 0.583. The lowest BCUT2D eigenvalue weighted by atomic mass is 10.1. The summed E-state index contributed by atoms with van der Waals surface area (Å²) in [5, 5.41) is 4.39. The molecule has 0 fully saturated rings. The molecule has 0 unspecified atom stereocenters. The fraction of sp³-hybridized carbons (Fsp3) is 0.111. The standard InChI is InChI=1S/C27H24N6/c28-22(17-19-7-3-1-4-8-19)18-31-27-23-13-16-30-24(20-9-5-2-6-10-20)25(23)32-26(33-27)21-11-14-29-15-12-21/h1-16,22H,17-18,28H2,(H,31,32,33)/t22-/m1/s1. The van der Waals surface area contributed by atoms with Crippen molar-refractivity contribution in [3.05, 3.63) is 103 Å². The van der Waals surface area contributed by atoms with E-state index in [-0.39, 0.29) is 6.04 Å². The summed E-state index contributed by atoms with van der Waals surface area (Å²) in [5.41, 5.74) is 11.2. The molecule has 6 nitrogen and oxygen atoms in total. The summed E-state index contributed by atoms with van der Waals surface area (Å²) in [5.74, 6) is 1.36. The SMILES string of the molecule is N[C@@H](CNc1nc(-c2ccncc2)nc2c(-c3ccccc3)nccc12)Cc1ccccc1. The number of hydrogen-bond acceptors (Lipinski definition) is 6. The highest BCUT2D eigenvalue weighted by molar-refractivity contribution is 5.98. The number of nitrogens with two attached hydrogens (primary N) is 1. The second-order valence-electron chi connectivity index (χ2n) is 7.88. The van der Waals surface area contributed by atoms with Crippen LogP contribution in [0.5, 0.6) is 0 Å². The highest BCUT2D eigenvalue weighted by Gasteiger charge is 2.15. The number of hydrogen-bond donors (Lipinski definition) is 2. The number of fused-ring (bicyclic) bond motifs is 1. The zero-order chi connectivity index (χ0) is 22.5. The average molecular weight is 433 g/mol. The van der Waals surface area contributed by atoms with Crippen LogP contribution in [0.2, 0.25) is 0 Å². The molecule has 0 aliphatic rings. The largest absolute Gasteiger partial charge is 0.368 e. The first-order valence-corrected chi connectivity index (χ1v) is 10.9. The number of aromatic nitrogens is 4. The number of nitrogens with zero attached hydrogens (tertiary/aromatic N) is 4. The van der Waals surface area contributed by atoms with Crippen LogP contribution in [0, 0.1) is 0 Å². The van der Waals surface area contributed by atoms with Crippen LogP contribution in [0.4, 0.5) is 5.82 Å². The van der Waals surface area contributed by atoms with Gasteiger partial charge in [0.05, 0.1) is 5.69 Å². The van der Waals surface area contributed by atoms with E-state index < -0.39 is 0 Å². The number of benzene rings is 2. The van der Waals surface area contributed by atoms with Crippen LogP contribution in [-0.2, 0) is 6.42 Å². The third-order valence-corrected chi connectivity index (χ3v) is 5.47. The second-order valence-corrected chi connectivity index (χ2v) is 7.88. The molecule has 0 bridgehead atoms. The summed E-state index contributed by atoms with van der Waals surface area (Å²) >= 11 is 0. The minimum absolute atomic E-state index is 0.0581. The van der Waals surface area contributed by atoms with E-state index in [2.05, 4.69) is 27.4 Å². The first-order valence-electron chi connectivity index (χ1n) is 10.9. The van der Waals surface area contributed by atoms with Crippen LogP contribution in [-0.4, -0.2) is 32.5 Å². The van der Waals surface area contributed by atoms with Gasteiger partial charge in [-0.25, -0.2) is 9.97 Å². The first kappa shape index (κ1) is 20.7. The van der Waals surface area contributed by atoms with Gasteiger partial charge in [-0.2, -0.15) is 0 Å². The Hall–Kier alpha value is -4.16. The lowest BCUT2D eigenvalue weighted by molar-refractivity contribution is 0.698. The highest BCUT2D eigenvalue weighted by Crippen LogP contribution is 2.30. The van der Waals surface area contributed by atoms with Gasteiger partial charge in [0.25, 0.3) is 0 Å². The van der Waals surface area contributed by atoms with Crippen molar-refractivity contribution in [3.63, 3.8) is 0 Å². The molecule has 0 aliphatic carbocycles. The molecule has 0 saturated carbocycles. The topological polar surface area (TPSA) is 89.6 Å². The monoisotopic (exact) mass is 432 g/mol. The van der Waals surface area contributed by atoms with Crippen LogP contribution < -0.4 is 11.1 Å². The molecule has 5 rings (SSSR count). The van der Waals surface area contributed by atoms with Crippen molar-refractivity contribution in [3.8, 4) is 22.6 Å². The molecule has 6 heteroatoms. The molecule has 0 spiro atoms. The van der Waals surface area contributed by atoms with Crippen LogP contribution >= 0.6 is 0 Å². The molecule has 162 valence electrons. The summed E-state index contributed by atoms with van der Waals surface area (Å²) in [4.78, 5) is 18.5. The van der Waals surface area contributed by atoms with Gasteiger partial charge in [-0.1, -0.05) is 60.7 Å². The van der Waals surface area contributed by atoms with Crippen LogP contribution in [0.15, 0.2) is 97.5 Å². The van der Waals surface area contributed by atoms with Crippen molar-refractivity contribution in [2.75, 3.05) is 11.9 Å². The van der Waals surface area contributed by atoms with E-state index in [9.17, 15) is 0 Å². The number of nitrogens with one attached hydrogen (secondary N) is 1. The Morgan fingerprint density at radius 1 is 0.758 bits per heavy atom. The lowest BCUT2D eigenvalue weighted by Gasteiger charge is -2.16. The summed E-state index contributed by atoms with van der Waals surface area (Å²) in [6, 6.07) is 26.1. The molecule has 0 amide bonds. The van der Waals surface area contributed by atoms with E-state index in [4.69, 9.17) is 15.7 Å². The van der Waals surface area contributed by atoms with Gasteiger partial charge in [-0.05, 0) is 30.2 Å². The first-order chi connectivity index (χ1) is 16.3. The maximum atomic E-state index is 6.44. The number of pyridine rings is 2. The quantitative estimate of drug-likeness (QED) is 0.386. The van der Waals surface area contributed by atoms with Gasteiger partial charge in [0.2, 0.25) is 0 Å². The van der Waals surface area contributed by atoms with Gasteiger partial charge < -0.3 is 11.1 Å². The summed E-state index contributed by atoms with van der Waals surface area (Å²) < 4.78 is 0. The fourth-order valence-corrected chi connectivity index (χ4v) is 3.84. The van der Waals surface area contributed by atoms with Crippen molar-refractivity contribution in [1.29, 1.82) is 0 Å². The molecule has 33 heavy (non-hydrogen) atoms. The van der Waals surface area contributed by atoms with E-state index in [1.807, 2.05) is 66.7 Å². The molecule has 0 saturated heterocycles. The minimum Gasteiger partial charge on any atom is -0.368 e. The molecular formula is C27H24N6. The third kappa shape index (κ3) is 4.71. The maximum absolute atomic E-state index is 6.44. The Morgan fingerprint density at radius 2 is 1.48 bits per heavy atom. The maximum Gasteiger partial charge on any atom is 0.162 e. The van der Waals surface area contributed by atoms with E-state index in [1.165, 1.54) is 5.56 Å². The van der Waals surface area contributed by atoms with Gasteiger partial charge in [0, 0.05) is 47.7 Å². The number of rotatable bonds is 7. The molecule has 0 radical (unpaired) electrons. The predicted octanol–water partition coefficient (Wildman–Crippen LogP) is 4.74. The van der Waals surface area contributed by atoms with Crippen LogP contribution in [0.1, 0.15) is 5.56 Å². The smallest absolute Gasteiger partial charge is 0.162 e. The molecular weight excluding hydrogens is 408 g/mol. The van der Waals surface area contributed by atoms with E-state index in [1.54, 1.807) is 18.6 Å². The molecule has 3 N–H and O–H groups in total. The van der Waals surface area contributed by atoms with E-state index >= 15 is 0 Å². The van der Waals surface area contributed by atoms with Gasteiger partial charge >= 0.3 is 0 Å². The summed E-state index contributed by atoms with van der Waals surface area (Å²) in [6.07, 6.45) is 6.07. The minimum atomic E-state index is -0.0581. The summed E-state index contributed by atoms with van der Waals surface area (Å²) in [7, 11) is 0. The van der Waals surface area contributed by atoms with Crippen LogP contribution in [0.25, 0.3) is 33.5 Å². The fourth-order valence-electron chi connectivity index (χ4n) is 3.84. The number of anilines is 1. The van der Waals surface area contributed by atoms with E-state index in [0.29, 0.717) is 12.4 Å². The van der Waals surface area contributed by atoms with Gasteiger partial charge in [-0.3, -0.25) is 9.97 Å². The van der Waals surface area contributed by atoms with Crippen molar-refractivity contribution >= 4 is 16.7 Å². The second kappa shape index (κ2) is 9.54. The Balaban J connectivity index is 1.54. The van der Waals surface area contributed by atoms with Crippen molar-refractivity contribution in [2.24, 2.45) is 5.73 Å². The van der Waals surface area contributed by atoms with Gasteiger partial charge in [-0.15, -0.1) is 0 Å². The molecule has 5 aromatic rings.